The van der Waals surface area contributed by atoms with Gasteiger partial charge in [0.15, 0.2) is 10.1 Å². The van der Waals surface area contributed by atoms with Crippen LogP contribution >= 0.6 is 23.1 Å². The summed E-state index contributed by atoms with van der Waals surface area (Å²) in [5.74, 6) is 0.0705. The van der Waals surface area contributed by atoms with Crippen LogP contribution in [-0.4, -0.2) is 37.2 Å². The lowest BCUT2D eigenvalue weighted by atomic mass is 10.1. The maximum absolute atomic E-state index is 12.7. The number of nitrogens with zero attached hydrogens (tertiary/aromatic N) is 3. The molecule has 1 unspecified atom stereocenters. The predicted octanol–water partition coefficient (Wildman–Crippen LogP) is 3.35. The lowest BCUT2D eigenvalue weighted by Gasteiger charge is -2.06. The second-order valence-corrected chi connectivity index (χ2v) is 8.08. The van der Waals surface area contributed by atoms with Gasteiger partial charge in [0.25, 0.3) is 0 Å². The molecule has 2 N–H and O–H groups in total. The average Bonchev–Trinajstić information content (AvgIpc) is 3.09. The van der Waals surface area contributed by atoms with Gasteiger partial charge in [-0.05, 0) is 31.9 Å². The zero-order valence-electron chi connectivity index (χ0n) is 12.4. The smallest absolute Gasteiger partial charge is 0.206 e. The van der Waals surface area contributed by atoms with Crippen molar-refractivity contribution in [1.29, 1.82) is 0 Å². The highest BCUT2D eigenvalue weighted by Gasteiger charge is 2.24. The van der Waals surface area contributed by atoms with Crippen molar-refractivity contribution in [1.82, 2.24) is 20.2 Å². The van der Waals surface area contributed by atoms with Gasteiger partial charge in [-0.3, -0.25) is 4.79 Å². The van der Waals surface area contributed by atoms with Gasteiger partial charge in [0.2, 0.25) is 5.13 Å². The first kappa shape index (κ1) is 14.6. The molecule has 1 aliphatic rings. The van der Waals surface area contributed by atoms with Gasteiger partial charge in [-0.1, -0.05) is 23.1 Å². The summed E-state index contributed by atoms with van der Waals surface area (Å²) in [7, 11) is 0. The highest BCUT2D eigenvalue weighted by Crippen LogP contribution is 2.33. The fourth-order valence-corrected chi connectivity index (χ4v) is 4.34. The Morgan fingerprint density at radius 3 is 3.17 bits per heavy atom. The number of hydrogen-bond acceptors (Lipinski definition) is 7. The molecule has 1 aliphatic carbocycles. The topological polar surface area (TPSA) is 83.6 Å². The molecule has 1 atom stereocenters. The van der Waals surface area contributed by atoms with E-state index in [2.05, 4.69) is 25.5 Å². The van der Waals surface area contributed by atoms with E-state index in [1.807, 2.05) is 19.1 Å². The van der Waals surface area contributed by atoms with Crippen LogP contribution in [0, 0.1) is 0 Å². The van der Waals surface area contributed by atoms with E-state index in [0.29, 0.717) is 11.6 Å². The summed E-state index contributed by atoms with van der Waals surface area (Å²) in [4.78, 5) is 20.0. The van der Waals surface area contributed by atoms with Crippen LogP contribution in [0.2, 0.25) is 0 Å². The molecule has 0 radical (unpaired) electrons. The van der Waals surface area contributed by atoms with Gasteiger partial charge in [-0.25, -0.2) is 4.98 Å². The van der Waals surface area contributed by atoms with Gasteiger partial charge < -0.3 is 10.3 Å². The van der Waals surface area contributed by atoms with Crippen LogP contribution in [0.4, 0.5) is 5.13 Å². The standard InChI is InChI=1S/C15H15N5OS2/c1-8(22-15-20-19-14(23-15)18-9-4-5-9)12(21)11-7-17-13-10(11)3-2-6-16-13/h2-3,6-9H,4-5H2,1H3,(H,16,17)(H,18,19). The molecule has 8 heteroatoms. The first-order valence-corrected chi connectivity index (χ1v) is 9.13. The monoisotopic (exact) mass is 345 g/mol. The van der Waals surface area contributed by atoms with Crippen LogP contribution in [-0.2, 0) is 0 Å². The van der Waals surface area contributed by atoms with Crippen molar-refractivity contribution in [3.8, 4) is 0 Å². The second kappa shape index (κ2) is 5.93. The number of aromatic amines is 1. The molecule has 0 aromatic carbocycles. The Bertz CT molecular complexity index is 854. The minimum atomic E-state index is -0.226. The van der Waals surface area contributed by atoms with E-state index in [9.17, 15) is 4.79 Å². The minimum Gasteiger partial charge on any atom is -0.357 e. The normalized spacial score (nSPS) is 15.7. The quantitative estimate of drug-likeness (QED) is 0.526. The molecular weight excluding hydrogens is 330 g/mol. The Morgan fingerprint density at radius 1 is 1.48 bits per heavy atom. The molecule has 6 nitrogen and oxygen atoms in total. The number of H-pyrrole nitrogens is 1. The molecule has 0 aliphatic heterocycles. The number of ketones is 1. The van der Waals surface area contributed by atoms with E-state index < -0.39 is 0 Å². The number of aromatic nitrogens is 4. The molecule has 3 heterocycles. The Morgan fingerprint density at radius 2 is 2.35 bits per heavy atom. The maximum Gasteiger partial charge on any atom is 0.206 e. The summed E-state index contributed by atoms with van der Waals surface area (Å²) >= 11 is 2.95. The fraction of sp³-hybridized carbons (Fsp3) is 0.333. The number of carbonyl (C=O) groups excluding carboxylic acids is 1. The van der Waals surface area contributed by atoms with E-state index in [0.717, 1.165) is 20.5 Å². The van der Waals surface area contributed by atoms with Gasteiger partial charge in [-0.2, -0.15) is 0 Å². The Balaban J connectivity index is 1.48. The second-order valence-electron chi connectivity index (χ2n) is 5.52. The summed E-state index contributed by atoms with van der Waals surface area (Å²) in [6.07, 6.45) is 5.84. The molecule has 4 rings (SSSR count). The lowest BCUT2D eigenvalue weighted by molar-refractivity contribution is 0.0995. The summed E-state index contributed by atoms with van der Waals surface area (Å²) < 4.78 is 0.812. The molecular formula is C15H15N5OS2. The molecule has 0 spiro atoms. The van der Waals surface area contributed by atoms with Crippen molar-refractivity contribution in [3.63, 3.8) is 0 Å². The van der Waals surface area contributed by atoms with Crippen molar-refractivity contribution in [3.05, 3.63) is 30.1 Å². The van der Waals surface area contributed by atoms with Crippen molar-refractivity contribution >= 4 is 45.0 Å². The Hall–Kier alpha value is -1.93. The number of fused-ring (bicyclic) bond motifs is 1. The van der Waals surface area contributed by atoms with Gasteiger partial charge >= 0.3 is 0 Å². The van der Waals surface area contributed by atoms with Gasteiger partial charge in [0.05, 0.1) is 5.25 Å². The zero-order chi connectivity index (χ0) is 15.8. The number of Topliss-reactive ketones (excluding diaryl/α,β-unsaturated/α-hetero) is 1. The summed E-state index contributed by atoms with van der Waals surface area (Å²) in [5, 5.41) is 13.1. The van der Waals surface area contributed by atoms with Crippen LogP contribution < -0.4 is 5.32 Å². The molecule has 1 fully saturated rings. The van der Waals surface area contributed by atoms with E-state index >= 15 is 0 Å². The van der Waals surface area contributed by atoms with Crippen LogP contribution in [0.15, 0.2) is 28.9 Å². The minimum absolute atomic E-state index is 0.0705. The van der Waals surface area contributed by atoms with Crippen LogP contribution in [0.25, 0.3) is 11.0 Å². The van der Waals surface area contributed by atoms with Gasteiger partial charge in [-0.15, -0.1) is 10.2 Å². The highest BCUT2D eigenvalue weighted by atomic mass is 32.2. The number of rotatable bonds is 6. The van der Waals surface area contributed by atoms with E-state index in [1.165, 1.54) is 35.9 Å². The van der Waals surface area contributed by atoms with Crippen molar-refractivity contribution in [2.24, 2.45) is 0 Å². The van der Waals surface area contributed by atoms with Gasteiger partial charge in [0, 0.05) is 29.4 Å². The molecule has 0 amide bonds. The SMILES string of the molecule is CC(Sc1nnc(NC2CC2)s1)C(=O)c1c[nH]c2ncccc12. The molecule has 3 aromatic rings. The fourth-order valence-electron chi connectivity index (χ4n) is 2.30. The van der Waals surface area contributed by atoms with Crippen molar-refractivity contribution in [2.45, 2.75) is 35.4 Å². The predicted molar refractivity (Wildman–Crippen MR) is 92.3 cm³/mol. The number of pyridine rings is 1. The first-order valence-electron chi connectivity index (χ1n) is 7.44. The Kier molecular flexibility index (Phi) is 3.78. The van der Waals surface area contributed by atoms with Crippen molar-refractivity contribution in [2.75, 3.05) is 5.32 Å². The maximum atomic E-state index is 12.7. The third kappa shape index (κ3) is 3.09. The Labute approximate surface area is 141 Å². The van der Waals surface area contributed by atoms with Crippen LogP contribution in [0.3, 0.4) is 0 Å². The number of anilines is 1. The highest BCUT2D eigenvalue weighted by molar-refractivity contribution is 8.02. The zero-order valence-corrected chi connectivity index (χ0v) is 14.1. The number of carbonyl (C=O) groups is 1. The van der Waals surface area contributed by atoms with Gasteiger partial charge in [0.1, 0.15) is 5.65 Å². The summed E-state index contributed by atoms with van der Waals surface area (Å²) in [5.41, 5.74) is 1.41. The molecule has 3 aromatic heterocycles. The van der Waals surface area contributed by atoms with Crippen LogP contribution in [0.5, 0.6) is 0 Å². The molecule has 1 saturated carbocycles. The first-order chi connectivity index (χ1) is 11.2. The van der Waals surface area contributed by atoms with E-state index in [4.69, 9.17) is 0 Å². The number of nitrogens with one attached hydrogen (secondary N) is 2. The molecule has 0 bridgehead atoms. The average molecular weight is 345 g/mol. The van der Waals surface area contributed by atoms with E-state index in [-0.39, 0.29) is 11.0 Å². The third-order valence-corrected chi connectivity index (χ3v) is 5.71. The molecule has 0 saturated heterocycles. The summed E-state index contributed by atoms with van der Waals surface area (Å²) in [6, 6.07) is 4.30. The largest absolute Gasteiger partial charge is 0.357 e. The molecule has 118 valence electrons. The lowest BCUT2D eigenvalue weighted by Crippen LogP contribution is -2.12. The van der Waals surface area contributed by atoms with Crippen LogP contribution in [0.1, 0.15) is 30.1 Å². The number of thioether (sulfide) groups is 1. The van der Waals surface area contributed by atoms with Crippen molar-refractivity contribution < 1.29 is 4.79 Å². The summed E-state index contributed by atoms with van der Waals surface area (Å²) in [6.45, 7) is 1.90. The van der Waals surface area contributed by atoms with E-state index in [1.54, 1.807) is 12.4 Å². The third-order valence-electron chi connectivity index (χ3n) is 3.67. The molecule has 23 heavy (non-hydrogen) atoms. The number of hydrogen-bond donors (Lipinski definition) is 2.